The number of hydrogen-bond donors (Lipinski definition) is 0. The number of rotatable bonds is 1. The SMILES string of the molecule is CC(C)(C)c1ncn([C@H]2CC[C@H](C)CC2)n1. The lowest BCUT2D eigenvalue weighted by molar-refractivity contribution is 0.271. The highest BCUT2D eigenvalue weighted by Gasteiger charge is 2.23. The predicted octanol–water partition coefficient (Wildman–Crippen LogP) is 3.33. The summed E-state index contributed by atoms with van der Waals surface area (Å²) in [5.41, 5.74) is 0.0627. The van der Waals surface area contributed by atoms with E-state index in [9.17, 15) is 0 Å². The molecule has 90 valence electrons. The van der Waals surface area contributed by atoms with Crippen LogP contribution in [0, 0.1) is 5.92 Å². The maximum Gasteiger partial charge on any atom is 0.155 e. The second-order valence-electron chi connectivity index (χ2n) is 6.21. The van der Waals surface area contributed by atoms with E-state index >= 15 is 0 Å². The fourth-order valence-corrected chi connectivity index (χ4v) is 2.30. The largest absolute Gasteiger partial charge is 0.250 e. The quantitative estimate of drug-likeness (QED) is 0.728. The van der Waals surface area contributed by atoms with Gasteiger partial charge in [-0.15, -0.1) is 0 Å². The molecule has 1 aromatic heterocycles. The van der Waals surface area contributed by atoms with E-state index in [1.54, 1.807) is 0 Å². The van der Waals surface area contributed by atoms with Gasteiger partial charge in [0.15, 0.2) is 5.82 Å². The zero-order valence-corrected chi connectivity index (χ0v) is 10.9. The molecule has 0 radical (unpaired) electrons. The summed E-state index contributed by atoms with van der Waals surface area (Å²) in [6.45, 7) is 8.83. The second-order valence-corrected chi connectivity index (χ2v) is 6.21. The lowest BCUT2D eigenvalue weighted by Crippen LogP contribution is -2.19. The average Bonchev–Trinajstić information content (AvgIpc) is 2.67. The zero-order chi connectivity index (χ0) is 11.8. The van der Waals surface area contributed by atoms with Gasteiger partial charge in [-0.1, -0.05) is 27.7 Å². The van der Waals surface area contributed by atoms with Crippen LogP contribution in [0.1, 0.15) is 65.2 Å². The topological polar surface area (TPSA) is 30.7 Å². The molecule has 1 aliphatic rings. The first kappa shape index (κ1) is 11.6. The molecule has 1 saturated carbocycles. The molecule has 0 amide bonds. The minimum Gasteiger partial charge on any atom is -0.250 e. The van der Waals surface area contributed by atoms with Crippen molar-refractivity contribution in [2.45, 2.75) is 64.8 Å². The summed E-state index contributed by atoms with van der Waals surface area (Å²) >= 11 is 0. The Morgan fingerprint density at radius 1 is 1.19 bits per heavy atom. The van der Waals surface area contributed by atoms with Crippen LogP contribution in [0.4, 0.5) is 0 Å². The van der Waals surface area contributed by atoms with Crippen LogP contribution in [-0.4, -0.2) is 14.8 Å². The second kappa shape index (κ2) is 4.19. The lowest BCUT2D eigenvalue weighted by Gasteiger charge is -2.26. The van der Waals surface area contributed by atoms with E-state index in [-0.39, 0.29) is 5.41 Å². The fourth-order valence-electron chi connectivity index (χ4n) is 2.30. The number of aromatic nitrogens is 3. The van der Waals surface area contributed by atoms with Gasteiger partial charge in [0.2, 0.25) is 0 Å². The Labute approximate surface area is 98.3 Å². The van der Waals surface area contributed by atoms with Crippen LogP contribution in [0.5, 0.6) is 0 Å². The summed E-state index contributed by atoms with van der Waals surface area (Å²) in [6.07, 6.45) is 7.09. The summed E-state index contributed by atoms with van der Waals surface area (Å²) in [6, 6.07) is 0.583. The molecule has 0 spiro atoms. The molecular weight excluding hydrogens is 198 g/mol. The molecule has 3 nitrogen and oxygen atoms in total. The Kier molecular flexibility index (Phi) is 3.04. The summed E-state index contributed by atoms with van der Waals surface area (Å²) < 4.78 is 2.09. The van der Waals surface area contributed by atoms with E-state index in [1.165, 1.54) is 25.7 Å². The Bertz CT molecular complexity index is 340. The van der Waals surface area contributed by atoms with Crippen LogP contribution in [0.25, 0.3) is 0 Å². The van der Waals surface area contributed by atoms with Gasteiger partial charge in [-0.2, -0.15) is 5.10 Å². The van der Waals surface area contributed by atoms with Gasteiger partial charge in [0, 0.05) is 5.41 Å². The highest BCUT2D eigenvalue weighted by molar-refractivity contribution is 4.99. The molecule has 3 heteroatoms. The molecule has 1 aliphatic carbocycles. The van der Waals surface area contributed by atoms with E-state index in [4.69, 9.17) is 0 Å². The van der Waals surface area contributed by atoms with Crippen molar-refractivity contribution >= 4 is 0 Å². The molecular formula is C13H23N3. The Hall–Kier alpha value is -0.860. The molecule has 0 atom stereocenters. The van der Waals surface area contributed by atoms with Crippen molar-refractivity contribution in [1.82, 2.24) is 14.8 Å². The van der Waals surface area contributed by atoms with Crippen LogP contribution < -0.4 is 0 Å². The molecule has 0 bridgehead atoms. The van der Waals surface area contributed by atoms with Gasteiger partial charge in [-0.05, 0) is 31.6 Å². The molecule has 0 saturated heterocycles. The first-order valence-corrected chi connectivity index (χ1v) is 6.38. The van der Waals surface area contributed by atoms with Crippen LogP contribution >= 0.6 is 0 Å². The molecule has 16 heavy (non-hydrogen) atoms. The molecule has 1 heterocycles. The van der Waals surface area contributed by atoms with Crippen molar-refractivity contribution in [3.8, 4) is 0 Å². The first-order valence-electron chi connectivity index (χ1n) is 6.38. The van der Waals surface area contributed by atoms with Gasteiger partial charge < -0.3 is 0 Å². The Balaban J connectivity index is 2.08. The Morgan fingerprint density at radius 2 is 1.81 bits per heavy atom. The van der Waals surface area contributed by atoms with Crippen LogP contribution in [0.15, 0.2) is 6.33 Å². The predicted molar refractivity (Wildman–Crippen MR) is 65.4 cm³/mol. The van der Waals surface area contributed by atoms with Crippen molar-refractivity contribution in [3.63, 3.8) is 0 Å². The van der Waals surface area contributed by atoms with Gasteiger partial charge in [0.05, 0.1) is 6.04 Å². The minimum atomic E-state index is 0.0627. The van der Waals surface area contributed by atoms with Gasteiger partial charge in [-0.25, -0.2) is 9.67 Å². The van der Waals surface area contributed by atoms with Crippen molar-refractivity contribution in [2.75, 3.05) is 0 Å². The molecule has 0 aliphatic heterocycles. The lowest BCUT2D eigenvalue weighted by atomic mass is 9.87. The van der Waals surface area contributed by atoms with Crippen molar-refractivity contribution in [3.05, 3.63) is 12.2 Å². The normalized spacial score (nSPS) is 27.0. The van der Waals surface area contributed by atoms with Crippen molar-refractivity contribution in [2.24, 2.45) is 5.92 Å². The third kappa shape index (κ3) is 2.45. The molecule has 1 aromatic rings. The molecule has 2 rings (SSSR count). The van der Waals surface area contributed by atoms with E-state index < -0.39 is 0 Å². The zero-order valence-electron chi connectivity index (χ0n) is 10.9. The molecule has 0 N–H and O–H groups in total. The first-order chi connectivity index (χ1) is 7.47. The highest BCUT2D eigenvalue weighted by Crippen LogP contribution is 2.31. The van der Waals surface area contributed by atoms with E-state index in [0.717, 1.165) is 11.7 Å². The van der Waals surface area contributed by atoms with E-state index in [0.29, 0.717) is 6.04 Å². The molecule has 0 aromatic carbocycles. The summed E-state index contributed by atoms with van der Waals surface area (Å²) in [5, 5.41) is 4.64. The van der Waals surface area contributed by atoms with Crippen molar-refractivity contribution < 1.29 is 0 Å². The maximum atomic E-state index is 4.64. The van der Waals surface area contributed by atoms with Gasteiger partial charge in [-0.3, -0.25) is 0 Å². The Morgan fingerprint density at radius 3 is 2.31 bits per heavy atom. The molecule has 0 unspecified atom stereocenters. The fraction of sp³-hybridized carbons (Fsp3) is 0.846. The van der Waals surface area contributed by atoms with Crippen LogP contribution in [-0.2, 0) is 5.41 Å². The average molecular weight is 221 g/mol. The summed E-state index contributed by atoms with van der Waals surface area (Å²) in [7, 11) is 0. The standard InChI is InChI=1S/C13H23N3/c1-10-5-7-11(8-6-10)16-9-14-12(15-16)13(2,3)4/h9-11H,5-8H2,1-4H3/t10-,11-. The highest BCUT2D eigenvalue weighted by atomic mass is 15.3. The van der Waals surface area contributed by atoms with Gasteiger partial charge in [0.1, 0.15) is 6.33 Å². The number of hydrogen-bond acceptors (Lipinski definition) is 2. The third-order valence-corrected chi connectivity index (χ3v) is 3.54. The minimum absolute atomic E-state index is 0.0627. The third-order valence-electron chi connectivity index (χ3n) is 3.54. The van der Waals surface area contributed by atoms with Crippen LogP contribution in [0.3, 0.4) is 0 Å². The van der Waals surface area contributed by atoms with Crippen molar-refractivity contribution in [1.29, 1.82) is 0 Å². The van der Waals surface area contributed by atoms with Gasteiger partial charge >= 0.3 is 0 Å². The monoisotopic (exact) mass is 221 g/mol. The van der Waals surface area contributed by atoms with Crippen LogP contribution in [0.2, 0.25) is 0 Å². The van der Waals surface area contributed by atoms with Gasteiger partial charge in [0.25, 0.3) is 0 Å². The molecule has 1 fully saturated rings. The summed E-state index contributed by atoms with van der Waals surface area (Å²) in [5.74, 6) is 1.85. The summed E-state index contributed by atoms with van der Waals surface area (Å²) in [4.78, 5) is 4.43. The van der Waals surface area contributed by atoms with E-state index in [2.05, 4.69) is 42.5 Å². The number of nitrogens with zero attached hydrogens (tertiary/aromatic N) is 3. The smallest absolute Gasteiger partial charge is 0.155 e. The van der Waals surface area contributed by atoms with E-state index in [1.807, 2.05) is 6.33 Å². The maximum absolute atomic E-state index is 4.64.